The van der Waals surface area contributed by atoms with Crippen molar-refractivity contribution in [3.63, 3.8) is 0 Å². The Bertz CT molecular complexity index is 914. The first kappa shape index (κ1) is 20.4. The summed E-state index contributed by atoms with van der Waals surface area (Å²) in [7, 11) is 0. The molecule has 2 aromatic carbocycles. The molecule has 0 bridgehead atoms. The Kier molecular flexibility index (Phi) is 6.18. The van der Waals surface area contributed by atoms with Gasteiger partial charge in [-0.3, -0.25) is 19.7 Å². The highest BCUT2D eigenvalue weighted by Gasteiger charge is 2.35. The fraction of sp³-hybridized carbons (Fsp3) is 0.300. The minimum Gasteiger partial charge on any atom is -0.381 e. The smallest absolute Gasteiger partial charge is 0.313 e. The predicted octanol–water partition coefficient (Wildman–Crippen LogP) is 2.54. The molecule has 9 heteroatoms. The third-order valence-electron chi connectivity index (χ3n) is 5.03. The molecule has 1 aliphatic rings. The molecule has 0 spiro atoms. The molecule has 152 valence electrons. The summed E-state index contributed by atoms with van der Waals surface area (Å²) in [6.07, 6.45) is 1.39. The van der Waals surface area contributed by atoms with Crippen LogP contribution in [0.5, 0.6) is 0 Å². The molecule has 8 nitrogen and oxygen atoms in total. The number of rotatable bonds is 5. The van der Waals surface area contributed by atoms with Gasteiger partial charge in [-0.05, 0) is 30.5 Å². The van der Waals surface area contributed by atoms with E-state index in [4.69, 9.17) is 4.74 Å². The van der Waals surface area contributed by atoms with Crippen LogP contribution in [0, 0.1) is 15.9 Å². The average molecular weight is 401 g/mol. The van der Waals surface area contributed by atoms with Crippen LogP contribution in [-0.4, -0.2) is 36.5 Å². The molecule has 1 fully saturated rings. The number of nitro groups is 1. The van der Waals surface area contributed by atoms with Crippen LogP contribution in [0.1, 0.15) is 18.4 Å². The van der Waals surface area contributed by atoms with Gasteiger partial charge in [0, 0.05) is 36.9 Å². The maximum Gasteiger partial charge on any atom is 0.313 e. The highest BCUT2D eigenvalue weighted by Crippen LogP contribution is 2.34. The standard InChI is InChI=1S/C20H20FN3O5/c21-16-7-6-15(12-17(16)24(27)28)23-19(26)18(25)22-13-20(8-10-29-11-9-20)14-4-2-1-3-5-14/h1-7,12H,8-11,13H2,(H,22,25)(H,23,26). The van der Waals surface area contributed by atoms with E-state index in [-0.39, 0.29) is 17.6 Å². The normalized spacial score (nSPS) is 15.3. The van der Waals surface area contributed by atoms with Crippen molar-refractivity contribution in [2.75, 3.05) is 25.1 Å². The van der Waals surface area contributed by atoms with Crippen molar-refractivity contribution in [3.05, 3.63) is 70.0 Å². The first-order chi connectivity index (χ1) is 13.9. The van der Waals surface area contributed by atoms with Gasteiger partial charge in [0.15, 0.2) is 0 Å². The third-order valence-corrected chi connectivity index (χ3v) is 5.03. The second kappa shape index (κ2) is 8.78. The van der Waals surface area contributed by atoms with E-state index >= 15 is 0 Å². The fourth-order valence-corrected chi connectivity index (χ4v) is 3.37. The summed E-state index contributed by atoms with van der Waals surface area (Å²) >= 11 is 0. The van der Waals surface area contributed by atoms with Crippen LogP contribution >= 0.6 is 0 Å². The van der Waals surface area contributed by atoms with Gasteiger partial charge in [0.25, 0.3) is 0 Å². The van der Waals surface area contributed by atoms with Gasteiger partial charge in [0.1, 0.15) is 0 Å². The third kappa shape index (κ3) is 4.75. The minimum absolute atomic E-state index is 0.0397. The van der Waals surface area contributed by atoms with Gasteiger partial charge in [-0.1, -0.05) is 30.3 Å². The van der Waals surface area contributed by atoms with Gasteiger partial charge in [0.2, 0.25) is 5.82 Å². The zero-order valence-electron chi connectivity index (χ0n) is 15.5. The fourth-order valence-electron chi connectivity index (χ4n) is 3.37. The largest absolute Gasteiger partial charge is 0.381 e. The van der Waals surface area contributed by atoms with Crippen LogP contribution in [0.4, 0.5) is 15.8 Å². The lowest BCUT2D eigenvalue weighted by Gasteiger charge is -2.37. The van der Waals surface area contributed by atoms with Crippen LogP contribution in [0.15, 0.2) is 48.5 Å². The quantitative estimate of drug-likeness (QED) is 0.454. The number of carbonyl (C=O) groups excluding carboxylic acids is 2. The highest BCUT2D eigenvalue weighted by atomic mass is 19.1. The van der Waals surface area contributed by atoms with E-state index in [1.165, 1.54) is 0 Å². The molecule has 3 rings (SSSR count). The van der Waals surface area contributed by atoms with Crippen molar-refractivity contribution in [1.82, 2.24) is 5.32 Å². The van der Waals surface area contributed by atoms with Crippen LogP contribution in [0.3, 0.4) is 0 Å². The first-order valence-corrected chi connectivity index (χ1v) is 9.08. The SMILES string of the molecule is O=C(NCC1(c2ccccc2)CCOCC1)C(=O)Nc1ccc(F)c([N+](=O)[O-])c1. The van der Waals surface area contributed by atoms with Crippen molar-refractivity contribution in [2.24, 2.45) is 0 Å². The number of benzene rings is 2. The van der Waals surface area contributed by atoms with Gasteiger partial charge in [0.05, 0.1) is 4.92 Å². The van der Waals surface area contributed by atoms with E-state index in [9.17, 15) is 24.1 Å². The van der Waals surface area contributed by atoms with Crippen molar-refractivity contribution in [3.8, 4) is 0 Å². The molecule has 0 aliphatic carbocycles. The zero-order chi connectivity index (χ0) is 20.9. The molecular weight excluding hydrogens is 381 g/mol. The van der Waals surface area contributed by atoms with Crippen LogP contribution in [0.25, 0.3) is 0 Å². The molecule has 29 heavy (non-hydrogen) atoms. The lowest BCUT2D eigenvalue weighted by Crippen LogP contribution is -2.47. The van der Waals surface area contributed by atoms with Crippen LogP contribution in [0.2, 0.25) is 0 Å². The van der Waals surface area contributed by atoms with Crippen molar-refractivity contribution >= 4 is 23.2 Å². The highest BCUT2D eigenvalue weighted by molar-refractivity contribution is 6.39. The summed E-state index contributed by atoms with van der Waals surface area (Å²) < 4.78 is 18.8. The monoisotopic (exact) mass is 401 g/mol. The molecule has 2 aromatic rings. The average Bonchev–Trinajstić information content (AvgIpc) is 2.74. The maximum atomic E-state index is 13.4. The van der Waals surface area contributed by atoms with Gasteiger partial charge in [-0.2, -0.15) is 4.39 Å². The Labute approximate surface area is 166 Å². The topological polar surface area (TPSA) is 111 Å². The molecule has 0 radical (unpaired) electrons. The van der Waals surface area contributed by atoms with E-state index in [1.54, 1.807) is 0 Å². The number of anilines is 1. The van der Waals surface area contributed by atoms with Gasteiger partial charge < -0.3 is 15.4 Å². The Morgan fingerprint density at radius 3 is 2.45 bits per heavy atom. The molecule has 1 heterocycles. The van der Waals surface area contributed by atoms with E-state index < -0.39 is 28.2 Å². The predicted molar refractivity (Wildman–Crippen MR) is 103 cm³/mol. The number of nitrogens with zero attached hydrogens (tertiary/aromatic N) is 1. The summed E-state index contributed by atoms with van der Waals surface area (Å²) in [6, 6.07) is 12.6. The molecule has 2 amide bonds. The number of nitrogens with one attached hydrogen (secondary N) is 2. The number of amides is 2. The minimum atomic E-state index is -1.03. The maximum absolute atomic E-state index is 13.4. The number of nitro benzene ring substituents is 1. The number of ether oxygens (including phenoxy) is 1. The lowest BCUT2D eigenvalue weighted by atomic mass is 9.74. The second-order valence-electron chi connectivity index (χ2n) is 6.82. The van der Waals surface area contributed by atoms with Gasteiger partial charge >= 0.3 is 17.5 Å². The van der Waals surface area contributed by atoms with E-state index in [0.717, 1.165) is 23.8 Å². The number of carbonyl (C=O) groups is 2. The first-order valence-electron chi connectivity index (χ1n) is 9.08. The molecule has 2 N–H and O–H groups in total. The Balaban J connectivity index is 1.67. The van der Waals surface area contributed by atoms with E-state index in [0.29, 0.717) is 26.1 Å². The molecule has 0 unspecified atom stereocenters. The number of halogens is 1. The van der Waals surface area contributed by atoms with Crippen molar-refractivity contribution in [2.45, 2.75) is 18.3 Å². The molecule has 0 atom stereocenters. The van der Waals surface area contributed by atoms with Gasteiger partial charge in [-0.15, -0.1) is 0 Å². The lowest BCUT2D eigenvalue weighted by molar-refractivity contribution is -0.387. The van der Waals surface area contributed by atoms with Crippen LogP contribution in [-0.2, 0) is 19.7 Å². The Morgan fingerprint density at radius 1 is 1.10 bits per heavy atom. The summed E-state index contributed by atoms with van der Waals surface area (Å²) in [5.74, 6) is -2.89. The Hall–Kier alpha value is -3.33. The summed E-state index contributed by atoms with van der Waals surface area (Å²) in [4.78, 5) is 34.4. The summed E-state index contributed by atoms with van der Waals surface area (Å²) in [5.41, 5.74) is -0.113. The number of hydrogen-bond acceptors (Lipinski definition) is 5. The second-order valence-corrected chi connectivity index (χ2v) is 6.82. The molecular formula is C20H20FN3O5. The summed E-state index contributed by atoms with van der Waals surface area (Å²) in [6.45, 7) is 1.35. The van der Waals surface area contributed by atoms with E-state index in [1.807, 2.05) is 30.3 Å². The van der Waals surface area contributed by atoms with E-state index in [2.05, 4.69) is 10.6 Å². The molecule has 1 aliphatic heterocycles. The number of hydrogen-bond donors (Lipinski definition) is 2. The molecule has 0 saturated carbocycles. The molecule has 0 aromatic heterocycles. The zero-order valence-corrected chi connectivity index (χ0v) is 15.5. The summed E-state index contributed by atoms with van der Waals surface area (Å²) in [5, 5.41) is 15.7. The molecule has 1 saturated heterocycles. The van der Waals surface area contributed by atoms with Crippen molar-refractivity contribution < 1.29 is 23.6 Å². The Morgan fingerprint density at radius 2 is 1.79 bits per heavy atom. The van der Waals surface area contributed by atoms with Crippen LogP contribution < -0.4 is 10.6 Å². The van der Waals surface area contributed by atoms with Gasteiger partial charge in [-0.25, -0.2) is 0 Å². The van der Waals surface area contributed by atoms with Crippen molar-refractivity contribution in [1.29, 1.82) is 0 Å².